The fourth-order valence-electron chi connectivity index (χ4n) is 2.54. The van der Waals surface area contributed by atoms with Crippen LogP contribution in [0.1, 0.15) is 25.7 Å². The smallest absolute Gasteiger partial charge is 0.0605 e. The van der Waals surface area contributed by atoms with Gasteiger partial charge in [0.05, 0.1) is 6.10 Å². The fraction of sp³-hybridized carbons (Fsp3) is 0.727. The van der Waals surface area contributed by atoms with Gasteiger partial charge in [0.2, 0.25) is 0 Å². The predicted molar refractivity (Wildman–Crippen MR) is 49.7 cm³/mol. The summed E-state index contributed by atoms with van der Waals surface area (Å²) in [5.74, 6) is 1.57. The van der Waals surface area contributed by atoms with E-state index in [9.17, 15) is 0 Å². The van der Waals surface area contributed by atoms with Crippen molar-refractivity contribution in [3.8, 4) is 0 Å². The fourth-order valence-corrected chi connectivity index (χ4v) is 2.54. The molecule has 0 N–H and O–H groups in total. The van der Waals surface area contributed by atoms with Gasteiger partial charge in [0.25, 0.3) is 0 Å². The van der Waals surface area contributed by atoms with E-state index in [0.29, 0.717) is 6.10 Å². The summed E-state index contributed by atoms with van der Waals surface area (Å²) in [6.45, 7) is 0. The number of rotatable bonds is 1. The van der Waals surface area contributed by atoms with E-state index in [0.717, 1.165) is 11.8 Å². The van der Waals surface area contributed by atoms with Crippen molar-refractivity contribution in [3.05, 3.63) is 18.6 Å². The summed E-state index contributed by atoms with van der Waals surface area (Å²) in [7, 11) is 1.85. The minimum absolute atomic E-state index is 0.518. The lowest BCUT2D eigenvalue weighted by molar-refractivity contribution is 0.0107. The second-order valence-corrected chi connectivity index (χ2v) is 3.86. The molecule has 2 aliphatic rings. The van der Waals surface area contributed by atoms with Gasteiger partial charge in [-0.05, 0) is 43.9 Å². The molecular formula is C11H17O. The number of ether oxygens (including phenoxy) is 1. The Morgan fingerprint density at radius 2 is 2.08 bits per heavy atom. The van der Waals surface area contributed by atoms with Crippen LogP contribution in [-0.4, -0.2) is 13.2 Å². The van der Waals surface area contributed by atoms with Crippen LogP contribution in [0.4, 0.5) is 0 Å². The highest BCUT2D eigenvalue weighted by molar-refractivity contribution is 5.03. The van der Waals surface area contributed by atoms with E-state index in [1.807, 2.05) is 7.11 Å². The van der Waals surface area contributed by atoms with E-state index in [4.69, 9.17) is 4.74 Å². The summed E-state index contributed by atoms with van der Waals surface area (Å²) in [4.78, 5) is 0. The summed E-state index contributed by atoms with van der Waals surface area (Å²) < 4.78 is 5.51. The van der Waals surface area contributed by atoms with Crippen molar-refractivity contribution in [1.82, 2.24) is 0 Å². The van der Waals surface area contributed by atoms with Crippen LogP contribution in [0.2, 0.25) is 0 Å². The normalized spacial score (nSPS) is 40.9. The van der Waals surface area contributed by atoms with E-state index < -0.39 is 0 Å². The topological polar surface area (TPSA) is 9.23 Å². The molecule has 3 unspecified atom stereocenters. The molecule has 0 aromatic rings. The minimum atomic E-state index is 0.518. The molecular weight excluding hydrogens is 148 g/mol. The molecule has 0 heterocycles. The van der Waals surface area contributed by atoms with Gasteiger partial charge in [0.1, 0.15) is 0 Å². The molecule has 0 aromatic heterocycles. The maximum Gasteiger partial charge on any atom is 0.0605 e. The third-order valence-corrected chi connectivity index (χ3v) is 3.23. The average Bonchev–Trinajstić information content (AvgIpc) is 2.17. The van der Waals surface area contributed by atoms with Crippen LogP contribution >= 0.6 is 0 Å². The number of methoxy groups -OCH3 is 1. The Morgan fingerprint density at radius 1 is 1.25 bits per heavy atom. The van der Waals surface area contributed by atoms with Crippen LogP contribution in [0, 0.1) is 18.3 Å². The van der Waals surface area contributed by atoms with Crippen molar-refractivity contribution < 1.29 is 4.74 Å². The molecule has 0 bridgehead atoms. The first-order chi connectivity index (χ1) is 5.92. The van der Waals surface area contributed by atoms with Gasteiger partial charge < -0.3 is 4.74 Å². The highest BCUT2D eigenvalue weighted by atomic mass is 16.5. The molecule has 2 rings (SSSR count). The zero-order valence-corrected chi connectivity index (χ0v) is 7.70. The molecule has 0 amide bonds. The van der Waals surface area contributed by atoms with E-state index in [2.05, 4.69) is 18.6 Å². The Balaban J connectivity index is 2.05. The van der Waals surface area contributed by atoms with Crippen molar-refractivity contribution in [1.29, 1.82) is 0 Å². The lowest BCUT2D eigenvalue weighted by atomic mass is 9.72. The predicted octanol–water partition coefficient (Wildman–Crippen LogP) is 2.58. The summed E-state index contributed by atoms with van der Waals surface area (Å²) in [6.07, 6.45) is 12.6. The van der Waals surface area contributed by atoms with Crippen molar-refractivity contribution in [3.63, 3.8) is 0 Å². The first kappa shape index (κ1) is 8.31. The summed E-state index contributed by atoms with van der Waals surface area (Å²) in [5.41, 5.74) is 0. The molecule has 0 spiro atoms. The first-order valence-corrected chi connectivity index (χ1v) is 4.93. The average molecular weight is 165 g/mol. The quantitative estimate of drug-likeness (QED) is 0.543. The van der Waals surface area contributed by atoms with Gasteiger partial charge >= 0.3 is 0 Å². The molecule has 1 fully saturated rings. The van der Waals surface area contributed by atoms with E-state index in [-0.39, 0.29) is 0 Å². The molecule has 0 aliphatic heterocycles. The molecule has 1 saturated carbocycles. The first-order valence-electron chi connectivity index (χ1n) is 4.93. The highest BCUT2D eigenvalue weighted by Gasteiger charge is 2.33. The second kappa shape index (κ2) is 3.61. The Kier molecular flexibility index (Phi) is 2.50. The van der Waals surface area contributed by atoms with Crippen LogP contribution in [0.15, 0.2) is 12.2 Å². The standard InChI is InChI=1S/C11H17O/c1-12-11-8-4-6-9-5-2-3-7-10(9)11/h2-3,6,9-11H,4-5,7-8H2,1H3. The maximum absolute atomic E-state index is 5.51. The van der Waals surface area contributed by atoms with Crippen LogP contribution < -0.4 is 0 Å². The number of fused-ring (bicyclic) bond motifs is 1. The van der Waals surface area contributed by atoms with Gasteiger partial charge in [0.15, 0.2) is 0 Å². The van der Waals surface area contributed by atoms with Crippen LogP contribution in [-0.2, 0) is 4.74 Å². The van der Waals surface area contributed by atoms with Gasteiger partial charge in [-0.25, -0.2) is 0 Å². The molecule has 1 radical (unpaired) electrons. The Hall–Kier alpha value is -0.300. The van der Waals surface area contributed by atoms with Gasteiger partial charge in [-0.2, -0.15) is 0 Å². The third-order valence-electron chi connectivity index (χ3n) is 3.23. The lowest BCUT2D eigenvalue weighted by Crippen LogP contribution is -2.34. The van der Waals surface area contributed by atoms with Crippen molar-refractivity contribution in [2.45, 2.75) is 31.8 Å². The van der Waals surface area contributed by atoms with Crippen molar-refractivity contribution in [2.75, 3.05) is 7.11 Å². The summed E-state index contributed by atoms with van der Waals surface area (Å²) >= 11 is 0. The number of allylic oxidation sites excluding steroid dienone is 2. The molecule has 2 aliphatic carbocycles. The van der Waals surface area contributed by atoms with Gasteiger partial charge in [-0.1, -0.05) is 12.2 Å². The number of hydrogen-bond acceptors (Lipinski definition) is 1. The van der Waals surface area contributed by atoms with Gasteiger partial charge in [-0.15, -0.1) is 0 Å². The Bertz CT molecular complexity index is 174. The zero-order chi connectivity index (χ0) is 8.39. The molecule has 0 aromatic carbocycles. The SMILES string of the molecule is COC1CC[CH]C2CC=CCC21. The van der Waals surface area contributed by atoms with Crippen LogP contribution in [0.3, 0.4) is 0 Å². The lowest BCUT2D eigenvalue weighted by Gasteiger charge is -2.38. The minimum Gasteiger partial charge on any atom is -0.381 e. The van der Waals surface area contributed by atoms with Gasteiger partial charge in [-0.3, -0.25) is 0 Å². The highest BCUT2D eigenvalue weighted by Crippen LogP contribution is 2.38. The summed E-state index contributed by atoms with van der Waals surface area (Å²) in [6, 6.07) is 0. The zero-order valence-electron chi connectivity index (χ0n) is 7.70. The third kappa shape index (κ3) is 1.42. The Labute approximate surface area is 74.8 Å². The summed E-state index contributed by atoms with van der Waals surface area (Å²) in [5, 5.41) is 0. The molecule has 67 valence electrons. The van der Waals surface area contributed by atoms with Gasteiger partial charge in [0, 0.05) is 7.11 Å². The van der Waals surface area contributed by atoms with Crippen molar-refractivity contribution in [2.24, 2.45) is 11.8 Å². The molecule has 0 saturated heterocycles. The van der Waals surface area contributed by atoms with Crippen LogP contribution in [0.5, 0.6) is 0 Å². The second-order valence-electron chi connectivity index (χ2n) is 3.86. The van der Waals surface area contributed by atoms with E-state index in [1.54, 1.807) is 0 Å². The molecule has 1 heteroatoms. The molecule has 3 atom stereocenters. The van der Waals surface area contributed by atoms with E-state index in [1.165, 1.54) is 25.7 Å². The molecule has 1 nitrogen and oxygen atoms in total. The maximum atomic E-state index is 5.51. The Morgan fingerprint density at radius 3 is 2.92 bits per heavy atom. The van der Waals surface area contributed by atoms with Crippen LogP contribution in [0.25, 0.3) is 0 Å². The monoisotopic (exact) mass is 165 g/mol. The van der Waals surface area contributed by atoms with E-state index >= 15 is 0 Å². The molecule has 12 heavy (non-hydrogen) atoms. The largest absolute Gasteiger partial charge is 0.381 e. The van der Waals surface area contributed by atoms with Crippen molar-refractivity contribution >= 4 is 0 Å². The number of hydrogen-bond donors (Lipinski definition) is 0.